The molecule has 0 bridgehead atoms. The summed E-state index contributed by atoms with van der Waals surface area (Å²) in [6.45, 7) is 0. The summed E-state index contributed by atoms with van der Waals surface area (Å²) in [7, 11) is 4.44. The molecule has 11 rings (SSSR count). The Morgan fingerprint density at radius 3 is 1.29 bits per heavy atom. The number of fused-ring (bicyclic) bond motifs is 6. The molecule has 52 heavy (non-hydrogen) atoms. The molecule has 0 saturated heterocycles. The molecule has 0 atom stereocenters. The van der Waals surface area contributed by atoms with Crippen LogP contribution in [-0.2, 0) is 0 Å². The summed E-state index contributed by atoms with van der Waals surface area (Å²) in [5, 5.41) is 7.75. The lowest BCUT2D eigenvalue weighted by Gasteiger charge is -2.36. The first-order valence-corrected chi connectivity index (χ1v) is 18.1. The Hall–Kier alpha value is -6.64. The molecule has 2 aliphatic rings. The van der Waals surface area contributed by atoms with Gasteiger partial charge in [0.05, 0.1) is 0 Å². The van der Waals surface area contributed by atoms with Gasteiger partial charge in [0.25, 0.3) is 0 Å². The zero-order valence-electron chi connectivity index (χ0n) is 29.1. The molecule has 2 heteroatoms. The minimum atomic E-state index is 1.22. The van der Waals surface area contributed by atoms with Crippen LogP contribution in [0, 0.1) is 0 Å². The second-order valence-corrected chi connectivity index (χ2v) is 14.2. The molecule has 244 valence electrons. The number of hydrogen-bond donors (Lipinski definition) is 0. The van der Waals surface area contributed by atoms with E-state index in [4.69, 9.17) is 0 Å². The third-order valence-corrected chi connectivity index (χ3v) is 11.6. The Morgan fingerprint density at radius 2 is 0.712 bits per heavy atom. The van der Waals surface area contributed by atoms with Crippen LogP contribution in [0.2, 0.25) is 0 Å². The van der Waals surface area contributed by atoms with E-state index in [0.717, 1.165) is 0 Å². The topological polar surface area (TPSA) is 6.48 Å². The van der Waals surface area contributed by atoms with Crippen molar-refractivity contribution in [2.75, 3.05) is 23.9 Å². The lowest BCUT2D eigenvalue weighted by atomic mass is 9.83. The summed E-state index contributed by atoms with van der Waals surface area (Å²) in [6, 6.07) is 62.8. The number of rotatable bonds is 3. The van der Waals surface area contributed by atoms with Crippen LogP contribution < -0.4 is 9.80 Å². The maximum Gasteiger partial charge on any atom is 0.0496 e. The van der Waals surface area contributed by atoms with Crippen LogP contribution in [-0.4, -0.2) is 14.1 Å². The lowest BCUT2D eigenvalue weighted by molar-refractivity contribution is 1.19. The van der Waals surface area contributed by atoms with E-state index in [1.807, 2.05) is 0 Å². The fourth-order valence-electron chi connectivity index (χ4n) is 8.94. The summed E-state index contributed by atoms with van der Waals surface area (Å²) in [6.07, 6.45) is 0. The number of benzene rings is 9. The van der Waals surface area contributed by atoms with Crippen molar-refractivity contribution < 1.29 is 0 Å². The van der Waals surface area contributed by atoms with Crippen LogP contribution >= 0.6 is 0 Å². The van der Waals surface area contributed by atoms with Crippen molar-refractivity contribution >= 4 is 55.1 Å². The predicted octanol–water partition coefficient (Wildman–Crippen LogP) is 13.6. The monoisotopic (exact) mass is 662 g/mol. The van der Waals surface area contributed by atoms with Crippen molar-refractivity contribution in [3.05, 3.63) is 170 Å². The predicted molar refractivity (Wildman–Crippen MR) is 222 cm³/mol. The molecule has 0 saturated carbocycles. The molecule has 9 aromatic rings. The van der Waals surface area contributed by atoms with Crippen molar-refractivity contribution in [1.29, 1.82) is 0 Å². The summed E-state index contributed by atoms with van der Waals surface area (Å²) in [5.74, 6) is 0. The fraction of sp³-hybridized carbons (Fsp3) is 0.0400. The molecule has 0 unspecified atom stereocenters. The van der Waals surface area contributed by atoms with Crippen molar-refractivity contribution in [2.45, 2.75) is 0 Å². The van der Waals surface area contributed by atoms with Gasteiger partial charge in [0.2, 0.25) is 0 Å². The molecule has 0 fully saturated rings. The highest BCUT2D eigenvalue weighted by Crippen LogP contribution is 2.56. The number of anilines is 4. The van der Waals surface area contributed by atoms with Gasteiger partial charge in [-0.3, -0.25) is 0 Å². The molecule has 0 N–H and O–H groups in total. The molecule has 2 nitrogen and oxygen atoms in total. The molecule has 9 aromatic carbocycles. The molecule has 0 aromatic heterocycles. The van der Waals surface area contributed by atoms with Crippen LogP contribution in [0.15, 0.2) is 170 Å². The highest BCUT2D eigenvalue weighted by Gasteiger charge is 2.30. The second-order valence-electron chi connectivity index (χ2n) is 14.2. The van der Waals surface area contributed by atoms with Crippen molar-refractivity contribution in [2.24, 2.45) is 0 Å². The van der Waals surface area contributed by atoms with E-state index in [2.05, 4.69) is 194 Å². The Balaban J connectivity index is 0.999. The molecule has 0 spiro atoms. The molecular formula is C50H34N2. The number of nitrogens with zero attached hydrogens (tertiary/aromatic N) is 2. The van der Waals surface area contributed by atoms with Crippen LogP contribution in [0.4, 0.5) is 22.7 Å². The van der Waals surface area contributed by atoms with Crippen molar-refractivity contribution in [1.82, 2.24) is 0 Å². The summed E-state index contributed by atoms with van der Waals surface area (Å²) < 4.78 is 0. The van der Waals surface area contributed by atoms with Gasteiger partial charge in [-0.15, -0.1) is 0 Å². The van der Waals surface area contributed by atoms with Gasteiger partial charge in [0, 0.05) is 58.7 Å². The Bertz CT molecular complexity index is 2930. The lowest BCUT2D eigenvalue weighted by Crippen LogP contribution is -2.19. The van der Waals surface area contributed by atoms with Gasteiger partial charge in [0.1, 0.15) is 0 Å². The van der Waals surface area contributed by atoms with Gasteiger partial charge in [-0.05, 0) is 90.3 Å². The van der Waals surface area contributed by atoms with Crippen LogP contribution in [0.25, 0.3) is 88.0 Å². The Kier molecular flexibility index (Phi) is 6.12. The smallest absolute Gasteiger partial charge is 0.0496 e. The molecule has 0 aliphatic carbocycles. The molecular weight excluding hydrogens is 629 g/mol. The third kappa shape index (κ3) is 4.12. The van der Waals surface area contributed by atoms with Crippen molar-refractivity contribution in [3.63, 3.8) is 0 Å². The standard InChI is InChI=1S/C50H34N2/c1-51-45-27-28-46-50-44(42-24-22-36(30-48(42)52(46)2)40-16-8-12-33-10-4-6-14-38(33)40)26-25-43(49(45)50)41-23-21-35(29-47(41)51)31-17-19-34(20-18-31)39-15-7-11-32-9-3-5-13-37(32)39/h3-30H,1-2H3. The highest BCUT2D eigenvalue weighted by molar-refractivity contribution is 6.23. The first-order valence-electron chi connectivity index (χ1n) is 18.1. The summed E-state index contributed by atoms with van der Waals surface area (Å²) >= 11 is 0. The molecule has 0 radical (unpaired) electrons. The normalized spacial score (nSPS) is 12.7. The first kappa shape index (κ1) is 29.1. The summed E-state index contributed by atoms with van der Waals surface area (Å²) in [5.41, 5.74) is 17.6. The maximum atomic E-state index is 2.39. The Labute approximate surface area is 303 Å². The molecule has 2 heterocycles. The van der Waals surface area contributed by atoms with Gasteiger partial charge in [-0.2, -0.15) is 0 Å². The largest absolute Gasteiger partial charge is 0.344 e. The van der Waals surface area contributed by atoms with Gasteiger partial charge in [0.15, 0.2) is 0 Å². The maximum absolute atomic E-state index is 2.39. The van der Waals surface area contributed by atoms with E-state index < -0.39 is 0 Å². The molecule has 2 aliphatic heterocycles. The minimum Gasteiger partial charge on any atom is -0.344 e. The van der Waals surface area contributed by atoms with E-state index in [1.54, 1.807) is 0 Å². The van der Waals surface area contributed by atoms with E-state index in [-0.39, 0.29) is 0 Å². The fourth-order valence-corrected chi connectivity index (χ4v) is 8.94. The third-order valence-electron chi connectivity index (χ3n) is 11.6. The zero-order chi connectivity index (χ0) is 34.5. The average molecular weight is 663 g/mol. The van der Waals surface area contributed by atoms with Crippen LogP contribution in [0.1, 0.15) is 0 Å². The van der Waals surface area contributed by atoms with Gasteiger partial charge < -0.3 is 9.80 Å². The van der Waals surface area contributed by atoms with Crippen LogP contribution in [0.5, 0.6) is 0 Å². The summed E-state index contributed by atoms with van der Waals surface area (Å²) in [4.78, 5) is 4.78. The quantitative estimate of drug-likeness (QED) is 0.186. The van der Waals surface area contributed by atoms with Gasteiger partial charge >= 0.3 is 0 Å². The average Bonchev–Trinajstić information content (AvgIpc) is 3.21. The van der Waals surface area contributed by atoms with E-state index in [9.17, 15) is 0 Å². The number of hydrogen-bond acceptors (Lipinski definition) is 2. The van der Waals surface area contributed by atoms with Crippen molar-refractivity contribution in [3.8, 4) is 55.6 Å². The zero-order valence-corrected chi connectivity index (χ0v) is 29.1. The Morgan fingerprint density at radius 1 is 0.288 bits per heavy atom. The highest BCUT2D eigenvalue weighted by atomic mass is 15.1. The first-order chi connectivity index (χ1) is 25.6. The second kappa shape index (κ2) is 10.9. The van der Waals surface area contributed by atoms with E-state index in [0.29, 0.717) is 0 Å². The SMILES string of the molecule is CN1c2cc(-c3ccc(-c4cccc5ccccc45)cc3)ccc2-c2ccc3c4c(ccc1c24)N(C)c1cc(-c2cccc4ccccc24)ccc1-3. The van der Waals surface area contributed by atoms with E-state index >= 15 is 0 Å². The van der Waals surface area contributed by atoms with E-state index in [1.165, 1.54) is 111 Å². The van der Waals surface area contributed by atoms with Gasteiger partial charge in [-0.1, -0.05) is 146 Å². The van der Waals surface area contributed by atoms with Crippen LogP contribution in [0.3, 0.4) is 0 Å². The van der Waals surface area contributed by atoms with Gasteiger partial charge in [-0.25, -0.2) is 0 Å². The molecule has 0 amide bonds. The minimum absolute atomic E-state index is 1.22.